The summed E-state index contributed by atoms with van der Waals surface area (Å²) in [4.78, 5) is 32.0. The van der Waals surface area contributed by atoms with E-state index in [1.807, 2.05) is 49.4 Å². The largest absolute Gasteiger partial charge is 0.463 e. The summed E-state index contributed by atoms with van der Waals surface area (Å²) in [5.41, 5.74) is 1.45. The first-order valence-corrected chi connectivity index (χ1v) is 11.2. The fourth-order valence-corrected chi connectivity index (χ4v) is 2.00. The topological polar surface area (TPSA) is 112 Å². The van der Waals surface area contributed by atoms with Crippen LogP contribution in [0.5, 0.6) is 0 Å². The van der Waals surface area contributed by atoms with Gasteiger partial charge in [-0.3, -0.25) is 0 Å². The van der Waals surface area contributed by atoms with Gasteiger partial charge in [-0.1, -0.05) is 75.6 Å². The summed E-state index contributed by atoms with van der Waals surface area (Å²) in [6.07, 6.45) is 8.66. The van der Waals surface area contributed by atoms with Crippen molar-refractivity contribution in [2.24, 2.45) is 0 Å². The molecule has 8 heteroatoms. The minimum Gasteiger partial charge on any atom is -0.463 e. The maximum absolute atomic E-state index is 11.3. The molecule has 0 spiro atoms. The maximum Gasteiger partial charge on any atom is 0.333 e. The summed E-state index contributed by atoms with van der Waals surface area (Å²) in [6.45, 7) is 13.6. The van der Waals surface area contributed by atoms with Crippen LogP contribution >= 0.6 is 0 Å². The fraction of sp³-hybridized carbons (Fsp3) is 0.370. The van der Waals surface area contributed by atoms with Crippen LogP contribution in [-0.4, -0.2) is 62.2 Å². The Hall–Kier alpha value is -3.49. The van der Waals surface area contributed by atoms with Crippen molar-refractivity contribution in [1.82, 2.24) is 0 Å². The van der Waals surface area contributed by atoms with Gasteiger partial charge in [0.05, 0.1) is 19.8 Å². The van der Waals surface area contributed by atoms with E-state index in [-0.39, 0.29) is 31.3 Å². The number of epoxide rings is 1. The molecule has 0 saturated carbocycles. The van der Waals surface area contributed by atoms with Gasteiger partial charge in [-0.15, -0.1) is 0 Å². The molecule has 0 bridgehead atoms. The van der Waals surface area contributed by atoms with E-state index in [1.165, 1.54) is 6.08 Å². The number of carbonyl (C=O) groups is 3. The van der Waals surface area contributed by atoms with E-state index >= 15 is 0 Å². The van der Waals surface area contributed by atoms with E-state index in [1.54, 1.807) is 0 Å². The number of aliphatic hydroxyl groups excluding tert-OH is 1. The summed E-state index contributed by atoms with van der Waals surface area (Å²) < 4.78 is 18.8. The van der Waals surface area contributed by atoms with Crippen LogP contribution in [0.25, 0.3) is 6.08 Å². The predicted molar refractivity (Wildman–Crippen MR) is 134 cm³/mol. The smallest absolute Gasteiger partial charge is 0.333 e. The molecule has 1 saturated heterocycles. The number of ether oxygens (including phenoxy) is 4. The van der Waals surface area contributed by atoms with Crippen molar-refractivity contribution in [3.05, 3.63) is 79.4 Å². The van der Waals surface area contributed by atoms with Gasteiger partial charge in [0.2, 0.25) is 0 Å². The second-order valence-corrected chi connectivity index (χ2v) is 6.99. The Labute approximate surface area is 207 Å². The molecule has 1 fully saturated rings. The molecule has 1 aromatic rings. The summed E-state index contributed by atoms with van der Waals surface area (Å²) in [5.74, 6) is -1.18. The van der Waals surface area contributed by atoms with Crippen molar-refractivity contribution in [3.63, 3.8) is 0 Å². The number of carbonyl (C=O) groups excluding carboxylic acids is 3. The highest BCUT2D eigenvalue weighted by Crippen LogP contribution is 2.08. The first-order valence-electron chi connectivity index (χ1n) is 11.2. The standard InChI is InChI=1S/C14H16O3.C7H12O2.C6H8O3/c1-12(14(16)17-11-10-15)6-5-9-13-7-3-2-4-8-13;1-3-5-6-9-7(8)4-2;1-2-6(7)9-4-5-3-8-5/h2-5,7-9,15H,1,6,10-11H2;4H,2-3,5-6H2,1H3;2,5H,1,3-4H2. The molecular weight excluding hydrogens is 452 g/mol. The summed E-state index contributed by atoms with van der Waals surface area (Å²) in [6, 6.07) is 9.79. The first-order chi connectivity index (χ1) is 16.9. The lowest BCUT2D eigenvalue weighted by Crippen LogP contribution is -2.09. The van der Waals surface area contributed by atoms with Crippen molar-refractivity contribution in [3.8, 4) is 0 Å². The molecule has 2 rings (SSSR count). The number of hydrogen-bond acceptors (Lipinski definition) is 8. The second-order valence-electron chi connectivity index (χ2n) is 6.99. The predicted octanol–water partition coefficient (Wildman–Crippen LogP) is 3.81. The Morgan fingerprint density at radius 1 is 1.06 bits per heavy atom. The van der Waals surface area contributed by atoms with E-state index in [4.69, 9.17) is 14.6 Å². The number of allylic oxidation sites excluding steroid dienone is 1. The molecular formula is C27H36O8. The third-order valence-corrected chi connectivity index (χ3v) is 3.98. The third-order valence-electron chi connectivity index (χ3n) is 3.98. The lowest BCUT2D eigenvalue weighted by atomic mass is 10.1. The van der Waals surface area contributed by atoms with Crippen LogP contribution in [0.4, 0.5) is 0 Å². The van der Waals surface area contributed by atoms with Crippen LogP contribution in [0.3, 0.4) is 0 Å². The monoisotopic (exact) mass is 488 g/mol. The highest BCUT2D eigenvalue weighted by Gasteiger charge is 2.23. The van der Waals surface area contributed by atoms with E-state index in [9.17, 15) is 14.4 Å². The highest BCUT2D eigenvalue weighted by molar-refractivity contribution is 5.88. The van der Waals surface area contributed by atoms with Crippen LogP contribution in [0, 0.1) is 0 Å². The van der Waals surface area contributed by atoms with Crippen molar-refractivity contribution in [2.45, 2.75) is 32.3 Å². The number of unbranched alkanes of at least 4 members (excludes halogenated alkanes) is 1. The van der Waals surface area contributed by atoms with Crippen molar-refractivity contribution < 1.29 is 38.4 Å². The lowest BCUT2D eigenvalue weighted by Gasteiger charge is -2.02. The highest BCUT2D eigenvalue weighted by atomic mass is 16.6. The number of esters is 3. The van der Waals surface area contributed by atoms with Crippen LogP contribution < -0.4 is 0 Å². The van der Waals surface area contributed by atoms with Crippen LogP contribution in [0.15, 0.2) is 73.9 Å². The van der Waals surface area contributed by atoms with Gasteiger partial charge in [-0.25, -0.2) is 14.4 Å². The Kier molecular flexibility index (Phi) is 19.0. The zero-order valence-electron chi connectivity index (χ0n) is 20.4. The van der Waals surface area contributed by atoms with Gasteiger partial charge in [-0.2, -0.15) is 0 Å². The van der Waals surface area contributed by atoms with E-state index in [0.29, 0.717) is 31.8 Å². The minimum atomic E-state index is -0.461. The summed E-state index contributed by atoms with van der Waals surface area (Å²) >= 11 is 0. The number of hydrogen-bond donors (Lipinski definition) is 1. The number of rotatable bonds is 13. The van der Waals surface area contributed by atoms with Gasteiger partial charge >= 0.3 is 17.9 Å². The average molecular weight is 489 g/mol. The van der Waals surface area contributed by atoms with Crippen molar-refractivity contribution >= 4 is 24.0 Å². The quantitative estimate of drug-likeness (QED) is 0.147. The van der Waals surface area contributed by atoms with E-state index in [2.05, 4.69) is 29.2 Å². The molecule has 1 unspecified atom stereocenters. The first kappa shape index (κ1) is 31.5. The molecule has 1 aromatic carbocycles. The van der Waals surface area contributed by atoms with Crippen molar-refractivity contribution in [2.75, 3.05) is 33.0 Å². The number of aliphatic hydroxyl groups is 1. The van der Waals surface area contributed by atoms with Crippen LogP contribution in [-0.2, 0) is 33.3 Å². The van der Waals surface area contributed by atoms with E-state index < -0.39 is 5.97 Å². The zero-order chi connectivity index (χ0) is 26.3. The average Bonchev–Trinajstić information content (AvgIpc) is 3.71. The van der Waals surface area contributed by atoms with Gasteiger partial charge in [0.1, 0.15) is 19.3 Å². The Bertz CT molecular complexity index is 810. The maximum atomic E-state index is 11.3. The van der Waals surface area contributed by atoms with Gasteiger partial charge in [-0.05, 0) is 18.4 Å². The summed E-state index contributed by atoms with van der Waals surface area (Å²) in [7, 11) is 0. The van der Waals surface area contributed by atoms with Crippen LogP contribution in [0.2, 0.25) is 0 Å². The normalized spacial score (nSPS) is 13.1. The summed E-state index contributed by atoms with van der Waals surface area (Å²) in [5, 5.41) is 8.50. The van der Waals surface area contributed by atoms with E-state index in [0.717, 1.165) is 24.5 Å². The lowest BCUT2D eigenvalue weighted by molar-refractivity contribution is -0.140. The molecule has 1 aliphatic heterocycles. The molecule has 0 aromatic heterocycles. The Balaban J connectivity index is 0.000000543. The molecule has 1 aliphatic rings. The molecule has 1 heterocycles. The molecule has 0 radical (unpaired) electrons. The van der Waals surface area contributed by atoms with Gasteiger partial charge in [0, 0.05) is 17.7 Å². The Morgan fingerprint density at radius 2 is 1.69 bits per heavy atom. The molecule has 8 nitrogen and oxygen atoms in total. The molecule has 1 atom stereocenters. The fourth-order valence-electron chi connectivity index (χ4n) is 2.00. The molecule has 1 N–H and O–H groups in total. The van der Waals surface area contributed by atoms with Gasteiger partial charge < -0.3 is 24.1 Å². The SMILES string of the molecule is C=C(CC=Cc1ccccc1)C(=O)OCCO.C=CC(=O)OCC1CO1.C=CC(=O)OCCCC. The Morgan fingerprint density at radius 3 is 2.23 bits per heavy atom. The molecule has 0 aliphatic carbocycles. The minimum absolute atomic E-state index is 0.0141. The zero-order valence-corrected chi connectivity index (χ0v) is 20.4. The van der Waals surface area contributed by atoms with Gasteiger partial charge in [0.15, 0.2) is 0 Å². The molecule has 192 valence electrons. The number of benzene rings is 1. The van der Waals surface area contributed by atoms with Crippen LogP contribution in [0.1, 0.15) is 31.7 Å². The van der Waals surface area contributed by atoms with Crippen molar-refractivity contribution in [1.29, 1.82) is 0 Å². The van der Waals surface area contributed by atoms with Gasteiger partial charge in [0.25, 0.3) is 0 Å². The molecule has 0 amide bonds. The molecule has 35 heavy (non-hydrogen) atoms. The second kappa shape index (κ2) is 21.1. The third kappa shape index (κ3) is 19.7.